The van der Waals surface area contributed by atoms with Crippen molar-refractivity contribution in [1.29, 1.82) is 0 Å². The van der Waals surface area contributed by atoms with Gasteiger partial charge < -0.3 is 19.6 Å². The van der Waals surface area contributed by atoms with Gasteiger partial charge in [0.25, 0.3) is 0 Å². The molecule has 0 N–H and O–H groups in total. The molecule has 1 aromatic heterocycles. The topological polar surface area (TPSA) is 25.9 Å². The summed E-state index contributed by atoms with van der Waals surface area (Å²) in [6.45, 7) is 9.00. The molecule has 58 heavy (non-hydrogen) atoms. The fourth-order valence-electron chi connectivity index (χ4n) is 7.99. The van der Waals surface area contributed by atoms with Gasteiger partial charge in [-0.05, 0) is 65.6 Å². The molecule has 0 spiro atoms. The molecule has 2 aliphatic rings. The van der Waals surface area contributed by atoms with Gasteiger partial charge in [0, 0.05) is 55.6 Å². The number of fused-ring (bicyclic) bond motifs is 6. The number of pyridine rings is 1. The van der Waals surface area contributed by atoms with E-state index in [4.69, 9.17) is 4.98 Å². The van der Waals surface area contributed by atoms with Gasteiger partial charge in [0.15, 0.2) is 0 Å². The van der Waals surface area contributed by atoms with E-state index in [1.807, 2.05) is 18.3 Å². The SMILES string of the molecule is CC(C)(C)c1cc(N2[CH-]N(c3ccccc3)c3ccccc32)[c-]c(N(c2[c-]c3c(cc2)-c2ccccc2-c2ccccc2N3c2ccccn2)c2ccccc2)c1.[Pt]. The van der Waals surface area contributed by atoms with Gasteiger partial charge in [-0.3, -0.25) is 0 Å². The van der Waals surface area contributed by atoms with E-state index >= 15 is 0 Å². The van der Waals surface area contributed by atoms with Crippen LogP contribution >= 0.6 is 0 Å². The van der Waals surface area contributed by atoms with Crippen LogP contribution in [0.1, 0.15) is 26.3 Å². The van der Waals surface area contributed by atoms with Crippen molar-refractivity contribution in [3.05, 3.63) is 206 Å². The Labute approximate surface area is 355 Å². The Morgan fingerprint density at radius 3 is 1.83 bits per heavy atom. The van der Waals surface area contributed by atoms with Crippen LogP contribution in [0.4, 0.5) is 57.0 Å². The molecule has 0 aliphatic carbocycles. The maximum absolute atomic E-state index is 4.91. The third kappa shape index (κ3) is 6.56. The van der Waals surface area contributed by atoms with Crippen LogP contribution in [-0.2, 0) is 26.5 Å². The van der Waals surface area contributed by atoms with Crippen LogP contribution in [0.3, 0.4) is 0 Å². The third-order valence-corrected chi connectivity index (χ3v) is 10.8. The minimum Gasteiger partial charge on any atom is -0.493 e. The van der Waals surface area contributed by atoms with E-state index in [9.17, 15) is 0 Å². The Bertz CT molecular complexity index is 2730. The number of hydrogen-bond donors (Lipinski definition) is 0. The zero-order valence-corrected chi connectivity index (χ0v) is 34.7. The van der Waals surface area contributed by atoms with Crippen molar-refractivity contribution in [2.24, 2.45) is 0 Å². The fourth-order valence-corrected chi connectivity index (χ4v) is 7.99. The van der Waals surface area contributed by atoms with E-state index in [1.165, 1.54) is 11.1 Å². The zero-order valence-electron chi connectivity index (χ0n) is 32.5. The molecule has 3 heterocycles. The van der Waals surface area contributed by atoms with Gasteiger partial charge in [0.05, 0.1) is 5.69 Å². The molecule has 0 atom stereocenters. The minimum atomic E-state index is -0.153. The number of rotatable bonds is 6. The average molecular weight is 930 g/mol. The van der Waals surface area contributed by atoms with Crippen LogP contribution < -0.4 is 19.6 Å². The predicted octanol–water partition coefficient (Wildman–Crippen LogP) is 14.0. The molecule has 0 radical (unpaired) electrons. The summed E-state index contributed by atoms with van der Waals surface area (Å²) in [5, 5.41) is 0. The molecule has 8 aromatic rings. The number of para-hydroxylation sites is 5. The van der Waals surface area contributed by atoms with Gasteiger partial charge in [-0.15, -0.1) is 53.8 Å². The first kappa shape index (κ1) is 37.2. The summed E-state index contributed by atoms with van der Waals surface area (Å²) in [5.74, 6) is 0.827. The maximum atomic E-state index is 4.91. The van der Waals surface area contributed by atoms with Crippen LogP contribution in [0.25, 0.3) is 22.3 Å². The van der Waals surface area contributed by atoms with E-state index in [-0.39, 0.29) is 26.5 Å². The molecular weight excluding hydrogens is 890 g/mol. The van der Waals surface area contributed by atoms with E-state index in [2.05, 4.69) is 223 Å². The molecule has 2 aliphatic heterocycles. The third-order valence-electron chi connectivity index (χ3n) is 10.8. The number of aromatic nitrogens is 1. The smallest absolute Gasteiger partial charge is 0.135 e. The summed E-state index contributed by atoms with van der Waals surface area (Å²) >= 11 is 0. The van der Waals surface area contributed by atoms with Crippen LogP contribution in [0.5, 0.6) is 0 Å². The second kappa shape index (κ2) is 15.2. The zero-order chi connectivity index (χ0) is 38.5. The normalized spacial score (nSPS) is 12.8. The molecule has 0 unspecified atom stereocenters. The van der Waals surface area contributed by atoms with Crippen molar-refractivity contribution in [3.8, 4) is 22.3 Å². The molecule has 0 saturated carbocycles. The summed E-state index contributed by atoms with van der Waals surface area (Å²) in [5.41, 5.74) is 14.7. The summed E-state index contributed by atoms with van der Waals surface area (Å²) in [6.07, 6.45) is 1.86. The molecule has 7 aromatic carbocycles. The van der Waals surface area contributed by atoms with E-state index in [0.29, 0.717) is 0 Å². The summed E-state index contributed by atoms with van der Waals surface area (Å²) in [7, 11) is 0. The van der Waals surface area contributed by atoms with Crippen molar-refractivity contribution in [1.82, 2.24) is 4.98 Å². The maximum Gasteiger partial charge on any atom is 0.135 e. The number of benzene rings is 7. The molecule has 286 valence electrons. The Kier molecular flexibility index (Phi) is 9.71. The van der Waals surface area contributed by atoms with Gasteiger partial charge in [0.1, 0.15) is 5.82 Å². The predicted molar refractivity (Wildman–Crippen MR) is 236 cm³/mol. The van der Waals surface area contributed by atoms with Crippen LogP contribution in [0.2, 0.25) is 0 Å². The van der Waals surface area contributed by atoms with Gasteiger partial charge in [0.2, 0.25) is 0 Å². The second-order valence-corrected chi connectivity index (χ2v) is 15.4. The van der Waals surface area contributed by atoms with Crippen LogP contribution in [0, 0.1) is 18.8 Å². The first-order valence-corrected chi connectivity index (χ1v) is 19.4. The Hall–Kier alpha value is -6.42. The summed E-state index contributed by atoms with van der Waals surface area (Å²) in [4.78, 5) is 14.0. The van der Waals surface area contributed by atoms with Crippen LogP contribution in [-0.4, -0.2) is 4.98 Å². The van der Waals surface area contributed by atoms with E-state index in [0.717, 1.165) is 73.7 Å². The van der Waals surface area contributed by atoms with Crippen molar-refractivity contribution < 1.29 is 21.1 Å². The summed E-state index contributed by atoms with van der Waals surface area (Å²) < 4.78 is 0. The number of anilines is 10. The standard InChI is InChI=1S/C52H40N5.Pt/c1-52(2,3)37-32-41(55-36-54(38-18-6-4-7-19-38)48-26-14-15-27-49(48)55)34-42(33-37)56(39-20-8-5-9-21-39)40-29-30-46-44-23-11-10-22-43(44)45-24-12-13-25-47(45)57(50(46)35-40)51-28-16-17-31-53-51;/h4-33,36H,1-3H3;/q-3;. The van der Waals surface area contributed by atoms with E-state index in [1.54, 1.807) is 0 Å². The largest absolute Gasteiger partial charge is 0.493 e. The van der Waals surface area contributed by atoms with Gasteiger partial charge in [-0.25, -0.2) is 4.98 Å². The average Bonchev–Trinajstić information content (AvgIpc) is 3.59. The monoisotopic (exact) mass is 929 g/mol. The van der Waals surface area contributed by atoms with Crippen molar-refractivity contribution in [2.45, 2.75) is 26.2 Å². The van der Waals surface area contributed by atoms with Gasteiger partial charge in [-0.1, -0.05) is 140 Å². The van der Waals surface area contributed by atoms with Gasteiger partial charge >= 0.3 is 0 Å². The van der Waals surface area contributed by atoms with Gasteiger partial charge in [-0.2, -0.15) is 6.07 Å². The fraction of sp³-hybridized carbons (Fsp3) is 0.0769. The molecule has 5 nitrogen and oxygen atoms in total. The minimum absolute atomic E-state index is 0. The van der Waals surface area contributed by atoms with Crippen LogP contribution in [0.15, 0.2) is 182 Å². The second-order valence-electron chi connectivity index (χ2n) is 15.4. The Balaban J connectivity index is 0.00000436. The summed E-state index contributed by atoms with van der Waals surface area (Å²) in [6, 6.07) is 69.9. The first-order chi connectivity index (χ1) is 27.9. The molecular formula is C52H40N5Pt-3. The van der Waals surface area contributed by atoms with Crippen molar-refractivity contribution >= 4 is 57.0 Å². The first-order valence-electron chi connectivity index (χ1n) is 19.4. The molecule has 0 amide bonds. The Morgan fingerprint density at radius 2 is 1.14 bits per heavy atom. The van der Waals surface area contributed by atoms with Crippen molar-refractivity contribution in [3.63, 3.8) is 0 Å². The molecule has 6 heteroatoms. The number of hydrogen-bond acceptors (Lipinski definition) is 5. The molecule has 0 bridgehead atoms. The molecule has 0 fully saturated rings. The molecule has 10 rings (SSSR count). The van der Waals surface area contributed by atoms with E-state index < -0.39 is 0 Å². The molecule has 0 saturated heterocycles. The quantitative estimate of drug-likeness (QED) is 0.155. The Morgan fingerprint density at radius 1 is 0.534 bits per heavy atom. The van der Waals surface area contributed by atoms with Crippen molar-refractivity contribution in [2.75, 3.05) is 19.6 Å². The number of nitrogens with zero attached hydrogens (tertiary/aromatic N) is 5.